The van der Waals surface area contributed by atoms with Gasteiger partial charge in [0, 0.05) is 40.0 Å². The first-order valence-corrected chi connectivity index (χ1v) is 9.30. The Balaban J connectivity index is 2.31. The normalized spacial score (nSPS) is 11.1. The number of rotatable bonds is 6. The zero-order chi connectivity index (χ0) is 20.2. The molecule has 0 fully saturated rings. The smallest absolute Gasteiger partial charge is 0.408 e. The number of carbonyl (C=O) groups excluding carboxylic acids is 1. The van der Waals surface area contributed by atoms with Crippen LogP contribution in [-0.4, -0.2) is 50.5 Å². The molecule has 0 aliphatic carbocycles. The lowest BCUT2D eigenvalue weighted by molar-refractivity contribution is 0.171. The molecule has 0 unspecified atom stereocenters. The highest BCUT2D eigenvalue weighted by atomic mass is 32.2. The number of nitrogens with zero attached hydrogens (tertiary/aromatic N) is 3. The Morgan fingerprint density at radius 3 is 2.63 bits per heavy atom. The number of amides is 1. The van der Waals surface area contributed by atoms with Crippen molar-refractivity contribution in [2.45, 2.75) is 13.3 Å². The van der Waals surface area contributed by atoms with E-state index in [4.69, 9.17) is 4.74 Å². The van der Waals surface area contributed by atoms with Gasteiger partial charge in [-0.05, 0) is 29.7 Å². The molecule has 27 heavy (non-hydrogen) atoms. The third-order valence-electron chi connectivity index (χ3n) is 3.69. The second-order valence-electron chi connectivity index (χ2n) is 5.80. The Labute approximate surface area is 156 Å². The Kier molecular flexibility index (Phi) is 6.28. The number of ether oxygens (including phenoxy) is 1. The number of hydrogen-bond donors (Lipinski definition) is 2. The molecule has 0 radical (unpaired) electrons. The van der Waals surface area contributed by atoms with Gasteiger partial charge in [-0.3, -0.25) is 9.71 Å². The molecule has 0 bridgehead atoms. The lowest BCUT2D eigenvalue weighted by Crippen LogP contribution is -2.27. The monoisotopic (exact) mass is 397 g/mol. The largest absolute Gasteiger partial charge is 0.414 e. The standard InChI is InChI=1S/C16H20FN5O4S/c1-10-12(8-19-9-13(10)26-16(23)22(3)4)7-11-5-6-20-15(14(11)17)21-27(24,25)18-2/h5-6,8-9,18H,7H2,1-4H3,(H,20,21). The van der Waals surface area contributed by atoms with Crippen molar-refractivity contribution in [1.29, 1.82) is 0 Å². The van der Waals surface area contributed by atoms with Crippen LogP contribution in [-0.2, 0) is 16.6 Å². The van der Waals surface area contributed by atoms with Crippen molar-refractivity contribution in [3.05, 3.63) is 47.2 Å². The summed E-state index contributed by atoms with van der Waals surface area (Å²) in [6.45, 7) is 1.72. The maximum atomic E-state index is 14.6. The predicted octanol–water partition coefficient (Wildman–Crippen LogP) is 1.45. The molecule has 0 aliphatic rings. The van der Waals surface area contributed by atoms with E-state index in [-0.39, 0.29) is 17.7 Å². The molecule has 0 saturated carbocycles. The molecule has 0 aromatic carbocycles. The van der Waals surface area contributed by atoms with Gasteiger partial charge in [-0.25, -0.2) is 18.9 Å². The van der Waals surface area contributed by atoms with E-state index in [9.17, 15) is 17.6 Å². The van der Waals surface area contributed by atoms with E-state index in [2.05, 4.69) is 9.97 Å². The Hall–Kier alpha value is -2.79. The maximum Gasteiger partial charge on any atom is 0.414 e. The van der Waals surface area contributed by atoms with Gasteiger partial charge in [0.2, 0.25) is 0 Å². The molecule has 2 aromatic rings. The third kappa shape index (κ3) is 5.11. The summed E-state index contributed by atoms with van der Waals surface area (Å²) in [5.74, 6) is -0.953. The number of aromatic nitrogens is 2. The zero-order valence-corrected chi connectivity index (χ0v) is 16.1. The van der Waals surface area contributed by atoms with Gasteiger partial charge in [-0.15, -0.1) is 0 Å². The first kappa shape index (κ1) is 20.5. The molecule has 0 saturated heterocycles. The van der Waals surface area contributed by atoms with E-state index in [1.54, 1.807) is 21.0 Å². The van der Waals surface area contributed by atoms with Gasteiger partial charge in [0.1, 0.15) is 0 Å². The number of carbonyl (C=O) groups is 1. The minimum absolute atomic E-state index is 0.106. The Morgan fingerprint density at radius 2 is 2.00 bits per heavy atom. The molecule has 2 aromatic heterocycles. The first-order valence-electron chi connectivity index (χ1n) is 7.82. The number of nitrogens with one attached hydrogen (secondary N) is 2. The van der Waals surface area contributed by atoms with Crippen LogP contribution in [0.15, 0.2) is 24.7 Å². The van der Waals surface area contributed by atoms with Gasteiger partial charge in [-0.2, -0.15) is 8.42 Å². The van der Waals surface area contributed by atoms with Crippen molar-refractivity contribution < 1.29 is 22.3 Å². The molecule has 1 amide bonds. The topological polar surface area (TPSA) is 114 Å². The van der Waals surface area contributed by atoms with E-state index in [1.807, 2.05) is 9.44 Å². The summed E-state index contributed by atoms with van der Waals surface area (Å²) in [6.07, 6.45) is 3.77. The lowest BCUT2D eigenvalue weighted by atomic mass is 10.0. The lowest BCUT2D eigenvalue weighted by Gasteiger charge is -2.14. The average Bonchev–Trinajstić information content (AvgIpc) is 2.61. The van der Waals surface area contributed by atoms with E-state index < -0.39 is 27.9 Å². The molecule has 2 N–H and O–H groups in total. The van der Waals surface area contributed by atoms with E-state index in [0.29, 0.717) is 11.1 Å². The second-order valence-corrected chi connectivity index (χ2v) is 7.42. The van der Waals surface area contributed by atoms with Crippen molar-refractivity contribution in [2.75, 3.05) is 25.9 Å². The fourth-order valence-electron chi connectivity index (χ4n) is 2.09. The zero-order valence-electron chi connectivity index (χ0n) is 15.3. The number of anilines is 1. The molecule has 0 spiro atoms. The highest BCUT2D eigenvalue weighted by Gasteiger charge is 2.17. The molecule has 0 aliphatic heterocycles. The van der Waals surface area contributed by atoms with Crippen LogP contribution < -0.4 is 14.2 Å². The van der Waals surface area contributed by atoms with Crippen LogP contribution in [0.5, 0.6) is 5.75 Å². The fraction of sp³-hybridized carbons (Fsp3) is 0.312. The van der Waals surface area contributed by atoms with Crippen molar-refractivity contribution in [2.24, 2.45) is 0 Å². The summed E-state index contributed by atoms with van der Waals surface area (Å²) < 4.78 is 47.0. The van der Waals surface area contributed by atoms with Gasteiger partial charge in [0.15, 0.2) is 17.4 Å². The summed E-state index contributed by atoms with van der Waals surface area (Å²) >= 11 is 0. The quantitative estimate of drug-likeness (QED) is 0.763. The molecule has 9 nitrogen and oxygen atoms in total. The van der Waals surface area contributed by atoms with Crippen LogP contribution in [0.1, 0.15) is 16.7 Å². The molecular formula is C16H20FN5O4S. The first-order chi connectivity index (χ1) is 12.6. The Bertz CT molecular complexity index is 950. The van der Waals surface area contributed by atoms with E-state index in [0.717, 1.165) is 0 Å². The number of pyridine rings is 2. The van der Waals surface area contributed by atoms with Gasteiger partial charge >= 0.3 is 6.09 Å². The molecular weight excluding hydrogens is 377 g/mol. The predicted molar refractivity (Wildman–Crippen MR) is 97.3 cm³/mol. The maximum absolute atomic E-state index is 14.6. The summed E-state index contributed by atoms with van der Waals surface area (Å²) in [4.78, 5) is 20.7. The molecule has 146 valence electrons. The second kappa shape index (κ2) is 8.27. The SMILES string of the molecule is CNS(=O)(=O)Nc1nccc(Cc2cncc(OC(=O)N(C)C)c2C)c1F. The van der Waals surface area contributed by atoms with Crippen LogP contribution in [0.4, 0.5) is 15.0 Å². The highest BCUT2D eigenvalue weighted by molar-refractivity contribution is 7.90. The minimum Gasteiger partial charge on any atom is -0.408 e. The molecule has 11 heteroatoms. The Morgan fingerprint density at radius 1 is 1.30 bits per heavy atom. The molecule has 2 rings (SSSR count). The molecule has 2 heterocycles. The number of halogens is 1. The van der Waals surface area contributed by atoms with Gasteiger partial charge in [-0.1, -0.05) is 0 Å². The average molecular weight is 397 g/mol. The third-order valence-corrected chi connectivity index (χ3v) is 4.69. The summed E-state index contributed by atoms with van der Waals surface area (Å²) in [5.41, 5.74) is 1.44. The number of hydrogen-bond acceptors (Lipinski definition) is 6. The van der Waals surface area contributed by atoms with Crippen LogP contribution in [0, 0.1) is 12.7 Å². The van der Waals surface area contributed by atoms with E-state index in [1.165, 1.54) is 36.6 Å². The van der Waals surface area contributed by atoms with Crippen LogP contribution in [0.2, 0.25) is 0 Å². The van der Waals surface area contributed by atoms with Gasteiger partial charge in [0.25, 0.3) is 10.2 Å². The van der Waals surface area contributed by atoms with Gasteiger partial charge < -0.3 is 9.64 Å². The summed E-state index contributed by atoms with van der Waals surface area (Å²) in [6, 6.07) is 1.43. The van der Waals surface area contributed by atoms with Crippen molar-refractivity contribution in [1.82, 2.24) is 19.6 Å². The van der Waals surface area contributed by atoms with Crippen molar-refractivity contribution in [3.8, 4) is 5.75 Å². The van der Waals surface area contributed by atoms with Crippen molar-refractivity contribution >= 4 is 22.1 Å². The molecule has 0 atom stereocenters. The van der Waals surface area contributed by atoms with Gasteiger partial charge in [0.05, 0.1) is 6.20 Å². The van der Waals surface area contributed by atoms with Crippen LogP contribution in [0.25, 0.3) is 0 Å². The van der Waals surface area contributed by atoms with E-state index >= 15 is 0 Å². The fourth-order valence-corrected chi connectivity index (χ4v) is 2.59. The summed E-state index contributed by atoms with van der Waals surface area (Å²) in [7, 11) is 0.397. The highest BCUT2D eigenvalue weighted by Crippen LogP contribution is 2.25. The van der Waals surface area contributed by atoms with Crippen molar-refractivity contribution in [3.63, 3.8) is 0 Å². The van der Waals surface area contributed by atoms with Crippen LogP contribution >= 0.6 is 0 Å². The summed E-state index contributed by atoms with van der Waals surface area (Å²) in [5, 5.41) is 0. The minimum atomic E-state index is -3.90. The van der Waals surface area contributed by atoms with Crippen LogP contribution in [0.3, 0.4) is 0 Å².